The number of nitrogens with zero attached hydrogens (tertiary/aromatic N) is 1. The lowest BCUT2D eigenvalue weighted by molar-refractivity contribution is 0.476. The molecule has 0 atom stereocenters. The largest absolute Gasteiger partial charge is 0.508 e. The van der Waals surface area contributed by atoms with Gasteiger partial charge in [-0.2, -0.15) is 0 Å². The molecule has 78 valence electrons. The highest BCUT2D eigenvalue weighted by atomic mass is 32.2. The minimum Gasteiger partial charge on any atom is -0.508 e. The van der Waals surface area contributed by atoms with Crippen molar-refractivity contribution in [1.29, 1.82) is 0 Å². The number of thioether (sulfide) groups is 1. The Labute approximate surface area is 91.4 Å². The minimum atomic E-state index is 0.0237. The van der Waals surface area contributed by atoms with Crippen LogP contribution in [-0.4, -0.2) is 15.9 Å². The van der Waals surface area contributed by atoms with E-state index in [4.69, 9.17) is 0 Å². The smallest absolute Gasteiger partial charge is 0.202 e. The van der Waals surface area contributed by atoms with Crippen LogP contribution in [0.4, 0.5) is 0 Å². The normalized spacial score (nSPS) is 10.8. The zero-order valence-corrected chi connectivity index (χ0v) is 9.34. The number of benzene rings is 1. The van der Waals surface area contributed by atoms with Crippen molar-refractivity contribution in [1.82, 2.24) is 4.57 Å². The van der Waals surface area contributed by atoms with Crippen molar-refractivity contribution < 1.29 is 5.11 Å². The summed E-state index contributed by atoms with van der Waals surface area (Å²) >= 11 is 1.43. The number of hydrogen-bond acceptors (Lipinski definition) is 3. The standard InChI is InChI=1S/C11H11NO2S/c1-12-6-10(15-2)11(14)8-4-3-7(13)5-9(8)12/h3-6,13H,1-2H3. The van der Waals surface area contributed by atoms with E-state index >= 15 is 0 Å². The second-order valence-corrected chi connectivity index (χ2v) is 4.19. The zero-order chi connectivity index (χ0) is 11.0. The maximum Gasteiger partial charge on any atom is 0.202 e. The molecular formula is C11H11NO2S. The van der Waals surface area contributed by atoms with E-state index in [-0.39, 0.29) is 11.2 Å². The molecule has 4 heteroatoms. The molecule has 15 heavy (non-hydrogen) atoms. The van der Waals surface area contributed by atoms with E-state index in [0.717, 1.165) is 10.4 Å². The van der Waals surface area contributed by atoms with Crippen molar-refractivity contribution in [2.75, 3.05) is 6.26 Å². The van der Waals surface area contributed by atoms with Gasteiger partial charge < -0.3 is 9.67 Å². The molecule has 1 heterocycles. The summed E-state index contributed by atoms with van der Waals surface area (Å²) in [7, 11) is 1.86. The number of aryl methyl sites for hydroxylation is 1. The predicted molar refractivity (Wildman–Crippen MR) is 62.6 cm³/mol. The van der Waals surface area contributed by atoms with Gasteiger partial charge in [-0.3, -0.25) is 4.79 Å². The lowest BCUT2D eigenvalue weighted by Crippen LogP contribution is -2.09. The Morgan fingerprint density at radius 1 is 1.40 bits per heavy atom. The van der Waals surface area contributed by atoms with E-state index in [1.165, 1.54) is 17.8 Å². The van der Waals surface area contributed by atoms with E-state index in [9.17, 15) is 9.90 Å². The van der Waals surface area contributed by atoms with Crippen molar-refractivity contribution in [3.05, 3.63) is 34.6 Å². The maximum absolute atomic E-state index is 11.9. The Morgan fingerprint density at radius 2 is 2.13 bits per heavy atom. The van der Waals surface area contributed by atoms with Crippen molar-refractivity contribution >= 4 is 22.7 Å². The van der Waals surface area contributed by atoms with Gasteiger partial charge in [0, 0.05) is 24.7 Å². The number of aromatic hydroxyl groups is 1. The van der Waals surface area contributed by atoms with Gasteiger partial charge in [0.05, 0.1) is 10.4 Å². The molecule has 0 aliphatic carbocycles. The number of hydrogen-bond donors (Lipinski definition) is 1. The molecular weight excluding hydrogens is 210 g/mol. The van der Waals surface area contributed by atoms with Crippen LogP contribution in [0.5, 0.6) is 5.75 Å². The molecule has 0 amide bonds. The third-order valence-corrected chi connectivity index (χ3v) is 3.09. The number of phenols is 1. The molecule has 0 spiro atoms. The van der Waals surface area contributed by atoms with Gasteiger partial charge in [-0.15, -0.1) is 11.8 Å². The van der Waals surface area contributed by atoms with Crippen LogP contribution in [0.1, 0.15) is 0 Å². The molecule has 2 rings (SSSR count). The first-order chi connectivity index (χ1) is 7.13. The first-order valence-corrected chi connectivity index (χ1v) is 5.72. The van der Waals surface area contributed by atoms with Crippen LogP contribution in [0.2, 0.25) is 0 Å². The molecule has 1 aromatic carbocycles. The Bertz CT molecular complexity index is 575. The summed E-state index contributed by atoms with van der Waals surface area (Å²) < 4.78 is 1.85. The molecule has 0 aliphatic heterocycles. The Morgan fingerprint density at radius 3 is 2.80 bits per heavy atom. The Balaban J connectivity index is 2.93. The number of pyridine rings is 1. The molecule has 0 unspecified atom stereocenters. The van der Waals surface area contributed by atoms with Crippen LogP contribution in [0.25, 0.3) is 10.9 Å². The fourth-order valence-electron chi connectivity index (χ4n) is 1.59. The van der Waals surface area contributed by atoms with Crippen molar-refractivity contribution in [3.8, 4) is 5.75 Å². The van der Waals surface area contributed by atoms with Gasteiger partial charge in [0.2, 0.25) is 5.43 Å². The van der Waals surface area contributed by atoms with Crippen LogP contribution in [0.15, 0.2) is 34.1 Å². The lowest BCUT2D eigenvalue weighted by Gasteiger charge is -2.07. The van der Waals surface area contributed by atoms with E-state index in [1.54, 1.807) is 18.3 Å². The van der Waals surface area contributed by atoms with Crippen LogP contribution < -0.4 is 5.43 Å². The maximum atomic E-state index is 11.9. The van der Waals surface area contributed by atoms with Crippen molar-refractivity contribution in [2.45, 2.75) is 4.90 Å². The highest BCUT2D eigenvalue weighted by Gasteiger charge is 2.06. The van der Waals surface area contributed by atoms with Gasteiger partial charge in [-0.25, -0.2) is 0 Å². The molecule has 0 bridgehead atoms. The predicted octanol–water partition coefficient (Wildman–Crippen LogP) is 1.97. The summed E-state index contributed by atoms with van der Waals surface area (Å²) in [6.45, 7) is 0. The van der Waals surface area contributed by atoms with Crippen LogP contribution in [0, 0.1) is 0 Å². The summed E-state index contributed by atoms with van der Waals surface area (Å²) in [5.41, 5.74) is 0.772. The Hall–Kier alpha value is -1.42. The van der Waals surface area contributed by atoms with Gasteiger partial charge in [0.25, 0.3) is 0 Å². The van der Waals surface area contributed by atoms with Gasteiger partial charge in [-0.05, 0) is 18.4 Å². The first-order valence-electron chi connectivity index (χ1n) is 4.50. The molecule has 1 aromatic heterocycles. The highest BCUT2D eigenvalue weighted by molar-refractivity contribution is 7.98. The molecule has 1 N–H and O–H groups in total. The van der Waals surface area contributed by atoms with Crippen molar-refractivity contribution in [2.24, 2.45) is 7.05 Å². The SMILES string of the molecule is CSc1cn(C)c2cc(O)ccc2c1=O. The molecule has 0 aliphatic rings. The first kappa shape index (κ1) is 10.1. The van der Waals surface area contributed by atoms with Gasteiger partial charge in [0.15, 0.2) is 0 Å². The second-order valence-electron chi connectivity index (χ2n) is 3.34. The summed E-state index contributed by atoms with van der Waals surface area (Å²) in [5.74, 6) is 0.175. The van der Waals surface area contributed by atoms with Crippen LogP contribution in [-0.2, 0) is 7.05 Å². The summed E-state index contributed by atoms with van der Waals surface area (Å²) in [6, 6.07) is 4.79. The summed E-state index contributed by atoms with van der Waals surface area (Å²) in [5, 5.41) is 9.99. The molecule has 0 fully saturated rings. The number of rotatable bonds is 1. The zero-order valence-electron chi connectivity index (χ0n) is 8.52. The van der Waals surface area contributed by atoms with Gasteiger partial charge in [-0.1, -0.05) is 0 Å². The van der Waals surface area contributed by atoms with Crippen molar-refractivity contribution in [3.63, 3.8) is 0 Å². The van der Waals surface area contributed by atoms with E-state index < -0.39 is 0 Å². The molecule has 0 saturated carbocycles. The van der Waals surface area contributed by atoms with Gasteiger partial charge >= 0.3 is 0 Å². The highest BCUT2D eigenvalue weighted by Crippen LogP contribution is 2.19. The molecule has 0 radical (unpaired) electrons. The monoisotopic (exact) mass is 221 g/mol. The average Bonchev–Trinajstić information content (AvgIpc) is 2.23. The molecule has 0 saturated heterocycles. The third kappa shape index (κ3) is 1.61. The lowest BCUT2D eigenvalue weighted by atomic mass is 10.2. The van der Waals surface area contributed by atoms with Crippen LogP contribution in [0.3, 0.4) is 0 Å². The third-order valence-electron chi connectivity index (χ3n) is 2.36. The molecule has 3 nitrogen and oxygen atoms in total. The quantitative estimate of drug-likeness (QED) is 0.748. The van der Waals surface area contributed by atoms with Gasteiger partial charge in [0.1, 0.15) is 5.75 Å². The second kappa shape index (κ2) is 3.62. The number of aromatic nitrogens is 1. The fraction of sp³-hybridized carbons (Fsp3) is 0.182. The van der Waals surface area contributed by atoms with E-state index in [1.807, 2.05) is 17.9 Å². The minimum absolute atomic E-state index is 0.0237. The summed E-state index contributed by atoms with van der Waals surface area (Å²) in [6.07, 6.45) is 3.66. The van der Waals surface area contributed by atoms with Crippen LogP contribution >= 0.6 is 11.8 Å². The molecule has 2 aromatic rings. The Kier molecular flexibility index (Phi) is 2.44. The topological polar surface area (TPSA) is 42.2 Å². The average molecular weight is 221 g/mol. The number of fused-ring (bicyclic) bond motifs is 1. The fourth-order valence-corrected chi connectivity index (χ4v) is 2.14. The summed E-state index contributed by atoms with van der Waals surface area (Å²) in [4.78, 5) is 12.6. The van der Waals surface area contributed by atoms with E-state index in [2.05, 4.69) is 0 Å². The van der Waals surface area contributed by atoms with E-state index in [0.29, 0.717) is 5.39 Å². The number of phenolic OH excluding ortho intramolecular Hbond substituents is 1.